The number of carboxylic acids is 1. The van der Waals surface area contributed by atoms with E-state index in [-0.39, 0.29) is 5.92 Å². The molecule has 1 aliphatic carbocycles. The van der Waals surface area contributed by atoms with E-state index in [4.69, 9.17) is 0 Å². The van der Waals surface area contributed by atoms with E-state index >= 15 is 0 Å². The van der Waals surface area contributed by atoms with Crippen molar-refractivity contribution in [2.24, 2.45) is 11.8 Å². The average Bonchev–Trinajstić information content (AvgIpc) is 2.38. The summed E-state index contributed by atoms with van der Waals surface area (Å²) < 4.78 is 0. The minimum Gasteiger partial charge on any atom is -0.481 e. The van der Waals surface area contributed by atoms with Gasteiger partial charge in [0.25, 0.3) is 0 Å². The molecule has 0 spiro atoms. The van der Waals surface area contributed by atoms with Crippen molar-refractivity contribution in [1.82, 2.24) is 0 Å². The Morgan fingerprint density at radius 1 is 1.26 bits per heavy atom. The lowest BCUT2D eigenvalue weighted by molar-refractivity contribution is -0.145. The Morgan fingerprint density at radius 2 is 1.95 bits per heavy atom. The summed E-state index contributed by atoms with van der Waals surface area (Å²) in [6.45, 7) is 3.96. The van der Waals surface area contributed by atoms with Crippen molar-refractivity contribution in [3.63, 3.8) is 0 Å². The van der Waals surface area contributed by atoms with Gasteiger partial charge in [-0.15, -0.1) is 0 Å². The molecule has 0 saturated carbocycles. The number of rotatable bonds is 3. The zero-order chi connectivity index (χ0) is 14.0. The van der Waals surface area contributed by atoms with Crippen molar-refractivity contribution in [2.45, 2.75) is 32.8 Å². The van der Waals surface area contributed by atoms with Gasteiger partial charge in [0.2, 0.25) is 0 Å². The maximum absolute atomic E-state index is 11.3. The average molecular weight is 260 g/mol. The molecule has 0 heterocycles. The van der Waals surface area contributed by atoms with Gasteiger partial charge in [-0.05, 0) is 37.8 Å². The highest BCUT2D eigenvalue weighted by Crippen LogP contribution is 2.37. The lowest BCUT2D eigenvalue weighted by Crippen LogP contribution is -2.30. The third-order valence-corrected chi connectivity index (χ3v) is 3.95. The van der Waals surface area contributed by atoms with Gasteiger partial charge in [-0.1, -0.05) is 35.9 Å². The van der Waals surface area contributed by atoms with Gasteiger partial charge in [-0.2, -0.15) is 0 Å². The molecule has 0 aromatic heterocycles. The van der Waals surface area contributed by atoms with Crippen LogP contribution in [0.3, 0.4) is 0 Å². The minimum absolute atomic E-state index is 0.246. The molecule has 3 nitrogen and oxygen atoms in total. The number of aliphatic hydroxyl groups excluding tert-OH is 1. The normalized spacial score (nSPS) is 24.2. The Bertz CT molecular complexity index is 505. The smallest absolute Gasteiger partial charge is 0.307 e. The third-order valence-electron chi connectivity index (χ3n) is 3.95. The van der Waals surface area contributed by atoms with Crippen LogP contribution in [0.1, 0.15) is 35.6 Å². The van der Waals surface area contributed by atoms with Gasteiger partial charge in [0.1, 0.15) is 0 Å². The Hall–Kier alpha value is -1.61. The van der Waals surface area contributed by atoms with Crippen molar-refractivity contribution in [3.8, 4) is 0 Å². The Balaban J connectivity index is 2.29. The van der Waals surface area contributed by atoms with Gasteiger partial charge in [0.05, 0.1) is 12.0 Å². The van der Waals surface area contributed by atoms with Crippen molar-refractivity contribution in [1.29, 1.82) is 0 Å². The highest BCUT2D eigenvalue weighted by molar-refractivity contribution is 5.71. The molecule has 2 N–H and O–H groups in total. The molecule has 0 bridgehead atoms. The number of aliphatic hydroxyl groups is 1. The van der Waals surface area contributed by atoms with Crippen LogP contribution in [0.15, 0.2) is 30.4 Å². The number of carbonyl (C=O) groups is 1. The summed E-state index contributed by atoms with van der Waals surface area (Å²) in [5, 5.41) is 19.8. The molecule has 3 unspecified atom stereocenters. The van der Waals surface area contributed by atoms with Crippen LogP contribution in [0.4, 0.5) is 0 Å². The van der Waals surface area contributed by atoms with Gasteiger partial charge in [-0.3, -0.25) is 4.79 Å². The Morgan fingerprint density at radius 3 is 2.58 bits per heavy atom. The van der Waals surface area contributed by atoms with Gasteiger partial charge in [0.15, 0.2) is 0 Å². The van der Waals surface area contributed by atoms with Crippen LogP contribution in [-0.2, 0) is 4.79 Å². The molecule has 3 atom stereocenters. The molecule has 0 radical (unpaired) electrons. The molecule has 0 fully saturated rings. The van der Waals surface area contributed by atoms with Crippen molar-refractivity contribution in [3.05, 3.63) is 47.0 Å². The molecule has 19 heavy (non-hydrogen) atoms. The van der Waals surface area contributed by atoms with E-state index in [1.807, 2.05) is 44.2 Å². The van der Waals surface area contributed by atoms with E-state index in [0.717, 1.165) is 16.7 Å². The zero-order valence-electron chi connectivity index (χ0n) is 11.3. The van der Waals surface area contributed by atoms with E-state index in [9.17, 15) is 15.0 Å². The van der Waals surface area contributed by atoms with Crippen LogP contribution in [0.5, 0.6) is 0 Å². The first-order valence-corrected chi connectivity index (χ1v) is 6.63. The van der Waals surface area contributed by atoms with Crippen LogP contribution in [-0.4, -0.2) is 16.2 Å². The second-order valence-corrected chi connectivity index (χ2v) is 5.36. The molecular formula is C16H20O3. The molecule has 2 rings (SSSR count). The quantitative estimate of drug-likeness (QED) is 0.821. The molecule has 0 amide bonds. The van der Waals surface area contributed by atoms with E-state index in [1.165, 1.54) is 0 Å². The summed E-state index contributed by atoms with van der Waals surface area (Å²) in [6, 6.07) is 5.89. The minimum atomic E-state index is -0.821. The summed E-state index contributed by atoms with van der Waals surface area (Å²) >= 11 is 0. The van der Waals surface area contributed by atoms with Gasteiger partial charge >= 0.3 is 5.97 Å². The monoisotopic (exact) mass is 260 g/mol. The predicted octanol–water partition coefficient (Wildman–Crippen LogP) is 3.00. The fraction of sp³-hybridized carbons (Fsp3) is 0.438. The SMILES string of the molecule is Cc1ccc(C(O)C2CC=CCC2C(=O)O)c(C)c1. The summed E-state index contributed by atoms with van der Waals surface area (Å²) in [4.78, 5) is 11.3. The summed E-state index contributed by atoms with van der Waals surface area (Å²) in [7, 11) is 0. The number of hydrogen-bond acceptors (Lipinski definition) is 2. The van der Waals surface area contributed by atoms with Crippen LogP contribution in [0.25, 0.3) is 0 Å². The fourth-order valence-corrected chi connectivity index (χ4v) is 2.86. The highest BCUT2D eigenvalue weighted by Gasteiger charge is 2.34. The number of benzene rings is 1. The van der Waals surface area contributed by atoms with Crippen molar-refractivity contribution < 1.29 is 15.0 Å². The highest BCUT2D eigenvalue weighted by atomic mass is 16.4. The zero-order valence-corrected chi connectivity index (χ0v) is 11.3. The predicted molar refractivity (Wildman–Crippen MR) is 73.9 cm³/mol. The molecule has 1 aliphatic rings. The van der Waals surface area contributed by atoms with Gasteiger partial charge in [0, 0.05) is 5.92 Å². The van der Waals surface area contributed by atoms with Gasteiger partial charge < -0.3 is 10.2 Å². The van der Waals surface area contributed by atoms with Gasteiger partial charge in [-0.25, -0.2) is 0 Å². The molecule has 1 aromatic carbocycles. The first-order valence-electron chi connectivity index (χ1n) is 6.63. The standard InChI is InChI=1S/C16H20O3/c1-10-7-8-12(11(2)9-10)15(17)13-5-3-4-6-14(13)16(18)19/h3-4,7-9,13-15,17H,5-6H2,1-2H3,(H,18,19). The van der Waals surface area contributed by atoms with Crippen LogP contribution < -0.4 is 0 Å². The first-order chi connectivity index (χ1) is 9.00. The van der Waals surface area contributed by atoms with Crippen molar-refractivity contribution in [2.75, 3.05) is 0 Å². The third kappa shape index (κ3) is 2.87. The van der Waals surface area contributed by atoms with Crippen LogP contribution >= 0.6 is 0 Å². The number of aryl methyl sites for hydroxylation is 2. The summed E-state index contributed by atoms with van der Waals surface area (Å²) in [6.07, 6.45) is 4.26. The maximum Gasteiger partial charge on any atom is 0.307 e. The number of carboxylic acid groups (broad SMARTS) is 1. The van der Waals surface area contributed by atoms with Crippen LogP contribution in [0.2, 0.25) is 0 Å². The summed E-state index contributed by atoms with van der Waals surface area (Å²) in [5.41, 5.74) is 3.01. The Labute approximate surface area is 113 Å². The maximum atomic E-state index is 11.3. The molecule has 1 aromatic rings. The van der Waals surface area contributed by atoms with E-state index < -0.39 is 18.0 Å². The number of hydrogen-bond donors (Lipinski definition) is 2. The van der Waals surface area contributed by atoms with Crippen molar-refractivity contribution >= 4 is 5.97 Å². The molecule has 102 valence electrons. The van der Waals surface area contributed by atoms with E-state index in [0.29, 0.717) is 12.8 Å². The molecular weight excluding hydrogens is 240 g/mol. The molecule has 3 heteroatoms. The largest absolute Gasteiger partial charge is 0.481 e. The second kappa shape index (κ2) is 5.57. The Kier molecular flexibility index (Phi) is 4.05. The molecule has 0 saturated heterocycles. The second-order valence-electron chi connectivity index (χ2n) is 5.36. The van der Waals surface area contributed by atoms with E-state index in [1.54, 1.807) is 0 Å². The number of aliphatic carboxylic acids is 1. The lowest BCUT2D eigenvalue weighted by Gasteiger charge is -2.30. The summed E-state index contributed by atoms with van der Waals surface area (Å²) in [5.74, 6) is -1.57. The van der Waals surface area contributed by atoms with Crippen LogP contribution in [0, 0.1) is 25.7 Å². The topological polar surface area (TPSA) is 57.5 Å². The fourth-order valence-electron chi connectivity index (χ4n) is 2.86. The first kappa shape index (κ1) is 13.8. The number of allylic oxidation sites excluding steroid dienone is 2. The van der Waals surface area contributed by atoms with E-state index in [2.05, 4.69) is 0 Å². The molecule has 0 aliphatic heterocycles. The lowest BCUT2D eigenvalue weighted by atomic mass is 9.77.